The van der Waals surface area contributed by atoms with E-state index in [1.165, 1.54) is 10.3 Å². The smallest absolute Gasteiger partial charge is 0.352 e. The highest BCUT2D eigenvalue weighted by atomic mass is 35.5. The van der Waals surface area contributed by atoms with Gasteiger partial charge in [0.25, 0.3) is 0 Å². The topological polar surface area (TPSA) is 80.1 Å². The number of rotatable bonds is 5. The number of benzene rings is 1. The van der Waals surface area contributed by atoms with E-state index in [0.717, 1.165) is 53.9 Å². The number of aryl methyl sites for hydroxylation is 1. The Morgan fingerprint density at radius 1 is 1.25 bits per heavy atom. The Kier molecular flexibility index (Phi) is 9.86. The van der Waals surface area contributed by atoms with Crippen molar-refractivity contribution in [2.75, 3.05) is 31.1 Å². The van der Waals surface area contributed by atoms with Crippen molar-refractivity contribution in [3.63, 3.8) is 0 Å². The average molecular weight is 498 g/mol. The minimum atomic E-state index is -0.240. The minimum Gasteiger partial charge on any atom is -0.352 e. The summed E-state index contributed by atoms with van der Waals surface area (Å²) in [5.74, 6) is 0.816. The van der Waals surface area contributed by atoms with Crippen LogP contribution in [0.4, 0.5) is 10.2 Å². The molecule has 1 saturated heterocycles. The predicted octanol–water partition coefficient (Wildman–Crippen LogP) is 4.19. The second kappa shape index (κ2) is 12.1. The molecule has 11 heteroatoms. The van der Waals surface area contributed by atoms with Crippen molar-refractivity contribution in [3.8, 4) is 16.3 Å². The molecule has 0 spiro atoms. The lowest BCUT2D eigenvalue weighted by atomic mass is 10.1. The first-order valence-corrected chi connectivity index (χ1v) is 11.6. The molecule has 1 aromatic carbocycles. The SMILES string of the molecule is Cc1nn(-c2nc(N3CCNCC3)c(SC(C)C)s2)cc1-c1cccc(F)c1.Cl.O=C=O. The van der Waals surface area contributed by atoms with Crippen LogP contribution in [-0.2, 0) is 9.59 Å². The highest BCUT2D eigenvalue weighted by Crippen LogP contribution is 2.39. The van der Waals surface area contributed by atoms with E-state index in [4.69, 9.17) is 14.6 Å². The van der Waals surface area contributed by atoms with Gasteiger partial charge in [-0.3, -0.25) is 0 Å². The molecule has 1 aliphatic heterocycles. The molecule has 0 atom stereocenters. The molecule has 172 valence electrons. The summed E-state index contributed by atoms with van der Waals surface area (Å²) in [5, 5.41) is 9.40. The third kappa shape index (κ3) is 6.40. The number of halogens is 2. The van der Waals surface area contributed by atoms with Gasteiger partial charge in [-0.15, -0.1) is 24.2 Å². The van der Waals surface area contributed by atoms with Gasteiger partial charge in [-0.2, -0.15) is 19.7 Å². The van der Waals surface area contributed by atoms with Crippen LogP contribution >= 0.6 is 35.5 Å². The zero-order valence-corrected chi connectivity index (χ0v) is 20.5. The monoisotopic (exact) mass is 497 g/mol. The van der Waals surface area contributed by atoms with E-state index in [1.54, 1.807) is 23.5 Å². The van der Waals surface area contributed by atoms with E-state index >= 15 is 0 Å². The van der Waals surface area contributed by atoms with Crippen LogP contribution in [0.3, 0.4) is 0 Å². The van der Waals surface area contributed by atoms with E-state index < -0.39 is 0 Å². The molecule has 0 radical (unpaired) electrons. The number of thiazole rings is 1. The number of thioether (sulfide) groups is 1. The summed E-state index contributed by atoms with van der Waals surface area (Å²) in [4.78, 5) is 23.5. The molecule has 3 heterocycles. The van der Waals surface area contributed by atoms with E-state index in [-0.39, 0.29) is 24.4 Å². The molecule has 7 nitrogen and oxygen atoms in total. The molecule has 32 heavy (non-hydrogen) atoms. The van der Waals surface area contributed by atoms with E-state index in [2.05, 4.69) is 29.2 Å². The number of carbonyl (C=O) groups excluding carboxylic acids is 2. The zero-order valence-electron chi connectivity index (χ0n) is 18.0. The molecular formula is C21H25ClFN5O2S2. The van der Waals surface area contributed by atoms with Gasteiger partial charge in [-0.05, 0) is 24.6 Å². The van der Waals surface area contributed by atoms with Gasteiger partial charge >= 0.3 is 6.15 Å². The molecule has 0 aliphatic carbocycles. The molecule has 0 unspecified atom stereocenters. The van der Waals surface area contributed by atoms with Crippen LogP contribution < -0.4 is 10.2 Å². The van der Waals surface area contributed by atoms with E-state index in [0.29, 0.717) is 5.25 Å². The van der Waals surface area contributed by atoms with Gasteiger partial charge in [-0.1, -0.05) is 37.3 Å². The fourth-order valence-electron chi connectivity index (χ4n) is 3.25. The lowest BCUT2D eigenvalue weighted by molar-refractivity contribution is -0.191. The lowest BCUT2D eigenvalue weighted by Crippen LogP contribution is -2.43. The Balaban J connectivity index is 0.000000860. The van der Waals surface area contributed by atoms with Crippen LogP contribution in [0.15, 0.2) is 34.7 Å². The summed E-state index contributed by atoms with van der Waals surface area (Å²) in [5.41, 5.74) is 2.62. The predicted molar refractivity (Wildman–Crippen MR) is 128 cm³/mol. The van der Waals surface area contributed by atoms with Crippen LogP contribution in [0.5, 0.6) is 0 Å². The summed E-state index contributed by atoms with van der Waals surface area (Å²) in [7, 11) is 0. The summed E-state index contributed by atoms with van der Waals surface area (Å²) in [6, 6.07) is 6.64. The normalized spacial score (nSPS) is 13.2. The van der Waals surface area contributed by atoms with Crippen molar-refractivity contribution in [2.45, 2.75) is 30.2 Å². The van der Waals surface area contributed by atoms with Gasteiger partial charge < -0.3 is 10.2 Å². The number of nitrogens with one attached hydrogen (secondary N) is 1. The maximum absolute atomic E-state index is 13.6. The first-order chi connectivity index (χ1) is 14.9. The number of aromatic nitrogens is 3. The number of anilines is 1. The highest BCUT2D eigenvalue weighted by molar-refractivity contribution is 8.01. The fourth-order valence-corrected chi connectivity index (χ4v) is 5.70. The third-order valence-corrected chi connectivity index (χ3v) is 6.79. The molecular weight excluding hydrogens is 473 g/mol. The molecule has 0 bridgehead atoms. The average Bonchev–Trinajstić information content (AvgIpc) is 3.32. The third-order valence-electron chi connectivity index (χ3n) is 4.56. The summed E-state index contributed by atoms with van der Waals surface area (Å²) >= 11 is 3.52. The van der Waals surface area contributed by atoms with Gasteiger partial charge in [0, 0.05) is 43.2 Å². The molecule has 4 rings (SSSR count). The minimum absolute atomic E-state index is 0. The van der Waals surface area contributed by atoms with Crippen LogP contribution in [-0.4, -0.2) is 52.3 Å². The maximum atomic E-state index is 13.6. The lowest BCUT2D eigenvalue weighted by Gasteiger charge is -2.28. The largest absolute Gasteiger partial charge is 0.373 e. The molecule has 0 saturated carbocycles. The highest BCUT2D eigenvalue weighted by Gasteiger charge is 2.22. The van der Waals surface area contributed by atoms with Crippen LogP contribution in [0, 0.1) is 12.7 Å². The van der Waals surface area contributed by atoms with E-state index in [1.807, 2.05) is 35.6 Å². The fraction of sp³-hybridized carbons (Fsp3) is 0.381. The zero-order chi connectivity index (χ0) is 22.4. The molecule has 0 amide bonds. The molecule has 1 N–H and O–H groups in total. The Morgan fingerprint density at radius 2 is 1.94 bits per heavy atom. The van der Waals surface area contributed by atoms with Crippen LogP contribution in [0.25, 0.3) is 16.3 Å². The summed E-state index contributed by atoms with van der Waals surface area (Å²) < 4.78 is 16.7. The number of piperazine rings is 1. The molecule has 1 aliphatic rings. The molecule has 1 fully saturated rings. The van der Waals surface area contributed by atoms with Gasteiger partial charge in [0.15, 0.2) is 5.82 Å². The first kappa shape index (κ1) is 26.0. The van der Waals surface area contributed by atoms with Crippen molar-refractivity contribution in [1.82, 2.24) is 20.1 Å². The van der Waals surface area contributed by atoms with Crippen molar-refractivity contribution in [1.29, 1.82) is 0 Å². The van der Waals surface area contributed by atoms with Crippen molar-refractivity contribution in [3.05, 3.63) is 42.0 Å². The van der Waals surface area contributed by atoms with E-state index in [9.17, 15) is 4.39 Å². The molecule has 3 aromatic rings. The number of hydrogen-bond donors (Lipinski definition) is 1. The maximum Gasteiger partial charge on any atom is 0.373 e. The second-order valence-electron chi connectivity index (χ2n) is 7.18. The standard InChI is InChI=1S/C20H24FN5S2.CO2.ClH/c1-13(2)27-19-18(25-9-7-22-8-10-25)23-20(28-19)26-12-17(14(3)24-26)15-5-4-6-16(21)11-15;2-1-3;/h4-6,11-13,22H,7-10H2,1-3H3;;1H. The van der Waals surface area contributed by atoms with Crippen LogP contribution in [0.1, 0.15) is 19.5 Å². The Hall–Kier alpha value is -2.23. The first-order valence-electron chi connectivity index (χ1n) is 9.88. The van der Waals surface area contributed by atoms with Crippen molar-refractivity contribution < 1.29 is 14.0 Å². The summed E-state index contributed by atoms with van der Waals surface area (Å²) in [6.45, 7) is 10.2. The van der Waals surface area contributed by atoms with Gasteiger partial charge in [0.1, 0.15) is 10.0 Å². The van der Waals surface area contributed by atoms with Crippen molar-refractivity contribution in [2.24, 2.45) is 0 Å². The second-order valence-corrected chi connectivity index (χ2v) is 10.0. The Labute approximate surface area is 200 Å². The number of hydrogen-bond acceptors (Lipinski definition) is 8. The van der Waals surface area contributed by atoms with Gasteiger partial charge in [-0.25, -0.2) is 9.07 Å². The summed E-state index contributed by atoms with van der Waals surface area (Å²) in [6.07, 6.45) is 2.20. The quantitative estimate of drug-likeness (QED) is 0.529. The van der Waals surface area contributed by atoms with Crippen LogP contribution in [0.2, 0.25) is 0 Å². The van der Waals surface area contributed by atoms with Gasteiger partial charge in [0.2, 0.25) is 5.13 Å². The number of nitrogens with zero attached hydrogens (tertiary/aromatic N) is 4. The van der Waals surface area contributed by atoms with Crippen molar-refractivity contribution >= 4 is 47.5 Å². The molecule has 2 aromatic heterocycles. The Bertz CT molecular complexity index is 1060. The van der Waals surface area contributed by atoms with Gasteiger partial charge in [0.05, 0.1) is 5.69 Å². The Morgan fingerprint density at radius 3 is 2.56 bits per heavy atom.